The summed E-state index contributed by atoms with van der Waals surface area (Å²) in [6, 6.07) is 4.64. The van der Waals surface area contributed by atoms with E-state index in [1.807, 2.05) is 0 Å². The van der Waals surface area contributed by atoms with Gasteiger partial charge in [0.15, 0.2) is 0 Å². The molecule has 176 valence electrons. The van der Waals surface area contributed by atoms with Crippen LogP contribution in [0, 0.1) is 0 Å². The number of benzene rings is 1. The average Bonchev–Trinajstić information content (AvgIpc) is 3.41. The van der Waals surface area contributed by atoms with Crippen molar-refractivity contribution in [1.29, 1.82) is 0 Å². The number of H-pyrrole nitrogens is 1. The molecular formula is C23H25F3N4O3. The summed E-state index contributed by atoms with van der Waals surface area (Å²) in [4.78, 5) is 39.5. The van der Waals surface area contributed by atoms with E-state index in [-0.39, 0.29) is 49.6 Å². The topological polar surface area (TPSA) is 86.4 Å². The Bertz CT molecular complexity index is 1020. The first-order valence-electron chi connectivity index (χ1n) is 11.1. The maximum absolute atomic E-state index is 13.0. The lowest BCUT2D eigenvalue weighted by molar-refractivity contribution is -0.140. The number of carbonyl (C=O) groups is 3. The van der Waals surface area contributed by atoms with Gasteiger partial charge in [-0.2, -0.15) is 18.3 Å². The van der Waals surface area contributed by atoms with Gasteiger partial charge in [0.1, 0.15) is 0 Å². The third-order valence-electron chi connectivity index (χ3n) is 6.28. The van der Waals surface area contributed by atoms with E-state index >= 15 is 0 Å². The lowest BCUT2D eigenvalue weighted by Crippen LogP contribution is -2.39. The molecule has 0 spiro atoms. The highest BCUT2D eigenvalue weighted by atomic mass is 19.4. The van der Waals surface area contributed by atoms with E-state index in [0.717, 1.165) is 25.0 Å². The molecule has 0 aliphatic carbocycles. The summed E-state index contributed by atoms with van der Waals surface area (Å²) >= 11 is 0. The molecule has 2 aliphatic heterocycles. The molecular weight excluding hydrogens is 437 g/mol. The molecule has 0 saturated carbocycles. The van der Waals surface area contributed by atoms with E-state index in [1.165, 1.54) is 17.0 Å². The zero-order chi connectivity index (χ0) is 23.6. The van der Waals surface area contributed by atoms with Crippen molar-refractivity contribution in [3.63, 3.8) is 0 Å². The molecule has 1 N–H and O–H groups in total. The Morgan fingerprint density at radius 1 is 1.09 bits per heavy atom. The highest BCUT2D eigenvalue weighted by Crippen LogP contribution is 2.37. The highest BCUT2D eigenvalue weighted by molar-refractivity contribution is 6.01. The van der Waals surface area contributed by atoms with Gasteiger partial charge in [0.25, 0.3) is 0 Å². The van der Waals surface area contributed by atoms with Gasteiger partial charge in [-0.15, -0.1) is 0 Å². The molecule has 33 heavy (non-hydrogen) atoms. The molecule has 1 aromatic carbocycles. The molecule has 2 saturated heterocycles. The molecule has 3 amide bonds. The molecule has 0 unspecified atom stereocenters. The van der Waals surface area contributed by atoms with Crippen molar-refractivity contribution in [2.75, 3.05) is 13.1 Å². The van der Waals surface area contributed by atoms with Crippen LogP contribution in [0.5, 0.6) is 0 Å². The monoisotopic (exact) mass is 462 g/mol. The minimum Gasteiger partial charge on any atom is -0.334 e. The first kappa shape index (κ1) is 23.0. The number of rotatable bonds is 6. The second-order valence-corrected chi connectivity index (χ2v) is 8.41. The molecule has 1 atom stereocenters. The van der Waals surface area contributed by atoms with Crippen molar-refractivity contribution in [3.8, 4) is 11.1 Å². The average molecular weight is 462 g/mol. The predicted molar refractivity (Wildman–Crippen MR) is 113 cm³/mol. The minimum absolute atomic E-state index is 0.0771. The van der Waals surface area contributed by atoms with Gasteiger partial charge in [0, 0.05) is 37.9 Å². The summed E-state index contributed by atoms with van der Waals surface area (Å²) in [7, 11) is 0. The number of hydrogen-bond acceptors (Lipinski definition) is 4. The van der Waals surface area contributed by atoms with Crippen molar-refractivity contribution < 1.29 is 27.6 Å². The SMILES string of the molecule is O=C1CCC(=O)N1CCCC(=O)N1CCCC[C@@H]1c1[nH]ncc1-c1ccc(C(F)(F)F)cc1. The van der Waals surface area contributed by atoms with Crippen LogP contribution in [0.4, 0.5) is 13.2 Å². The molecule has 7 nitrogen and oxygen atoms in total. The van der Waals surface area contributed by atoms with Crippen LogP contribution in [0.1, 0.15) is 62.2 Å². The smallest absolute Gasteiger partial charge is 0.334 e. The number of piperidine rings is 1. The van der Waals surface area contributed by atoms with Gasteiger partial charge in [-0.1, -0.05) is 12.1 Å². The van der Waals surface area contributed by atoms with Gasteiger partial charge < -0.3 is 4.90 Å². The zero-order valence-corrected chi connectivity index (χ0v) is 18.0. The summed E-state index contributed by atoms with van der Waals surface area (Å²) in [6.45, 7) is 0.805. The van der Waals surface area contributed by atoms with Gasteiger partial charge in [0.2, 0.25) is 17.7 Å². The van der Waals surface area contributed by atoms with E-state index in [1.54, 1.807) is 11.1 Å². The molecule has 4 rings (SSSR count). The predicted octanol–water partition coefficient (Wildman–Crippen LogP) is 4.08. The molecule has 0 bridgehead atoms. The van der Waals surface area contributed by atoms with Crippen LogP contribution in [0.15, 0.2) is 30.5 Å². The standard InChI is InChI=1S/C23H25F3N4O3/c24-23(25,26)16-8-6-15(7-9-16)17-14-27-28-22(17)18-4-1-2-12-29(18)19(31)5-3-13-30-20(32)10-11-21(30)33/h6-9,14,18H,1-5,10-13H2,(H,27,28)/t18-/m1/s1. The number of nitrogens with zero attached hydrogens (tertiary/aromatic N) is 3. The normalized spacial score (nSPS) is 19.4. The summed E-state index contributed by atoms with van der Waals surface area (Å²) in [5.41, 5.74) is 1.24. The second kappa shape index (κ2) is 9.36. The number of halogens is 3. The fourth-order valence-corrected chi connectivity index (χ4v) is 4.55. The van der Waals surface area contributed by atoms with Crippen molar-refractivity contribution in [1.82, 2.24) is 20.0 Å². The minimum atomic E-state index is -4.41. The Morgan fingerprint density at radius 2 is 1.79 bits per heavy atom. The molecule has 3 heterocycles. The molecule has 10 heteroatoms. The number of aromatic amines is 1. The number of alkyl halides is 3. The largest absolute Gasteiger partial charge is 0.416 e. The Morgan fingerprint density at radius 3 is 2.45 bits per heavy atom. The third-order valence-corrected chi connectivity index (χ3v) is 6.28. The Labute approximate surface area is 188 Å². The maximum Gasteiger partial charge on any atom is 0.416 e. The first-order valence-corrected chi connectivity index (χ1v) is 11.1. The number of hydrogen-bond donors (Lipinski definition) is 1. The lowest BCUT2D eigenvalue weighted by Gasteiger charge is -2.36. The van der Waals surface area contributed by atoms with Crippen LogP contribution >= 0.6 is 0 Å². The quantitative estimate of drug-likeness (QED) is 0.656. The fraction of sp³-hybridized carbons (Fsp3) is 0.478. The first-order chi connectivity index (χ1) is 15.8. The summed E-state index contributed by atoms with van der Waals surface area (Å²) in [5, 5.41) is 7.06. The van der Waals surface area contributed by atoms with E-state index in [9.17, 15) is 27.6 Å². The zero-order valence-electron chi connectivity index (χ0n) is 18.0. The maximum atomic E-state index is 13.0. The van der Waals surface area contributed by atoms with Crippen LogP contribution in [0.2, 0.25) is 0 Å². The van der Waals surface area contributed by atoms with Gasteiger partial charge in [-0.05, 0) is 43.4 Å². The van der Waals surface area contributed by atoms with Crippen LogP contribution < -0.4 is 0 Å². The van der Waals surface area contributed by atoms with E-state index in [2.05, 4.69) is 10.2 Å². The lowest BCUT2D eigenvalue weighted by atomic mass is 9.94. The summed E-state index contributed by atoms with van der Waals surface area (Å²) in [6.07, 6.45) is 0.706. The number of aromatic nitrogens is 2. The van der Waals surface area contributed by atoms with E-state index in [4.69, 9.17) is 0 Å². The van der Waals surface area contributed by atoms with Crippen molar-refractivity contribution in [3.05, 3.63) is 41.7 Å². The van der Waals surface area contributed by atoms with Crippen LogP contribution in [-0.4, -0.2) is 50.8 Å². The van der Waals surface area contributed by atoms with E-state index < -0.39 is 11.7 Å². The molecule has 0 radical (unpaired) electrons. The number of imide groups is 1. The number of amides is 3. The van der Waals surface area contributed by atoms with Crippen LogP contribution in [-0.2, 0) is 20.6 Å². The third kappa shape index (κ3) is 4.94. The van der Waals surface area contributed by atoms with Gasteiger partial charge >= 0.3 is 6.18 Å². The van der Waals surface area contributed by atoms with Gasteiger partial charge in [0.05, 0.1) is 23.5 Å². The summed E-state index contributed by atoms with van der Waals surface area (Å²) in [5.74, 6) is -0.462. The van der Waals surface area contributed by atoms with Gasteiger partial charge in [-0.3, -0.25) is 24.4 Å². The van der Waals surface area contributed by atoms with Crippen molar-refractivity contribution in [2.45, 2.75) is 57.2 Å². The Kier molecular flexibility index (Phi) is 6.53. The highest BCUT2D eigenvalue weighted by Gasteiger charge is 2.33. The van der Waals surface area contributed by atoms with Crippen LogP contribution in [0.25, 0.3) is 11.1 Å². The number of carbonyl (C=O) groups excluding carboxylic acids is 3. The van der Waals surface area contributed by atoms with Gasteiger partial charge in [-0.25, -0.2) is 0 Å². The molecule has 2 fully saturated rings. The molecule has 2 aliphatic rings. The number of nitrogens with one attached hydrogen (secondary N) is 1. The second-order valence-electron chi connectivity index (χ2n) is 8.41. The summed E-state index contributed by atoms with van der Waals surface area (Å²) < 4.78 is 38.7. The number of likely N-dealkylation sites (tertiary alicyclic amines) is 2. The van der Waals surface area contributed by atoms with Crippen molar-refractivity contribution in [2.24, 2.45) is 0 Å². The Balaban J connectivity index is 1.46. The molecule has 2 aromatic rings. The fourth-order valence-electron chi connectivity index (χ4n) is 4.55. The van der Waals surface area contributed by atoms with Crippen LogP contribution in [0.3, 0.4) is 0 Å². The van der Waals surface area contributed by atoms with Crippen molar-refractivity contribution >= 4 is 17.7 Å². The Hall–Kier alpha value is -3.17. The molecule has 1 aromatic heterocycles. The van der Waals surface area contributed by atoms with E-state index in [0.29, 0.717) is 36.2 Å².